The highest BCUT2D eigenvalue weighted by atomic mass is 32.2. The van der Waals surface area contributed by atoms with Crippen molar-refractivity contribution in [1.82, 2.24) is 9.88 Å². The number of carbonyl (C=O) groups excluding carboxylic acids is 1. The quantitative estimate of drug-likeness (QED) is 0.410. The van der Waals surface area contributed by atoms with Gasteiger partial charge in [0.25, 0.3) is 5.69 Å². The number of benzene rings is 2. The number of aromatic nitrogens is 1. The van der Waals surface area contributed by atoms with E-state index in [1.54, 1.807) is 29.2 Å². The summed E-state index contributed by atoms with van der Waals surface area (Å²) in [5, 5.41) is 11.7. The van der Waals surface area contributed by atoms with E-state index in [-0.39, 0.29) is 28.7 Å². The third-order valence-electron chi connectivity index (χ3n) is 5.16. The number of nitro groups is 1. The van der Waals surface area contributed by atoms with Crippen molar-refractivity contribution in [1.29, 1.82) is 0 Å². The van der Waals surface area contributed by atoms with Gasteiger partial charge in [0.2, 0.25) is 5.91 Å². The third kappa shape index (κ3) is 4.67. The van der Waals surface area contributed by atoms with Crippen LogP contribution in [0.4, 0.5) is 10.8 Å². The van der Waals surface area contributed by atoms with Crippen molar-refractivity contribution in [2.24, 2.45) is 0 Å². The molecule has 0 atom stereocenters. The van der Waals surface area contributed by atoms with Crippen LogP contribution in [0.5, 0.6) is 0 Å². The van der Waals surface area contributed by atoms with Crippen LogP contribution in [0.1, 0.15) is 6.42 Å². The fraction of sp³-hybridized carbons (Fsp3) is 0.300. The fourth-order valence-corrected chi connectivity index (χ4v) is 5.72. The second kappa shape index (κ2) is 8.60. The van der Waals surface area contributed by atoms with Crippen LogP contribution >= 0.6 is 11.3 Å². The molecule has 0 radical (unpaired) electrons. The van der Waals surface area contributed by atoms with Gasteiger partial charge in [-0.05, 0) is 18.2 Å². The van der Waals surface area contributed by atoms with Crippen molar-refractivity contribution in [3.05, 3.63) is 58.6 Å². The van der Waals surface area contributed by atoms with Gasteiger partial charge in [-0.25, -0.2) is 13.4 Å². The van der Waals surface area contributed by atoms with Gasteiger partial charge in [-0.15, -0.1) is 0 Å². The number of sulfone groups is 1. The minimum absolute atomic E-state index is 0.0311. The second-order valence-electron chi connectivity index (χ2n) is 7.16. The van der Waals surface area contributed by atoms with Crippen LogP contribution in [-0.4, -0.2) is 61.1 Å². The van der Waals surface area contributed by atoms with Gasteiger partial charge in [-0.2, -0.15) is 0 Å². The lowest BCUT2D eigenvalue weighted by Gasteiger charge is -2.34. The first-order valence-corrected chi connectivity index (χ1v) is 12.2. The molecule has 0 N–H and O–H groups in total. The molecule has 1 amide bonds. The number of amides is 1. The number of nitro benzene ring substituents is 1. The first kappa shape index (κ1) is 21.2. The Hall–Kier alpha value is -3.05. The highest BCUT2D eigenvalue weighted by Gasteiger charge is 2.25. The predicted octanol–water partition coefficient (Wildman–Crippen LogP) is 2.72. The average molecular weight is 461 g/mol. The molecule has 4 rings (SSSR count). The minimum Gasteiger partial charge on any atom is -0.345 e. The van der Waals surface area contributed by atoms with Crippen LogP contribution in [0.2, 0.25) is 0 Å². The maximum absolute atomic E-state index is 12.5. The molecule has 0 spiro atoms. The molecule has 0 saturated carbocycles. The van der Waals surface area contributed by atoms with Gasteiger partial charge in [-0.1, -0.05) is 29.5 Å². The van der Waals surface area contributed by atoms with Gasteiger partial charge in [0.15, 0.2) is 15.0 Å². The Morgan fingerprint density at radius 3 is 2.48 bits per heavy atom. The third-order valence-corrected chi connectivity index (χ3v) is 7.97. The van der Waals surface area contributed by atoms with Crippen molar-refractivity contribution in [3.8, 4) is 0 Å². The van der Waals surface area contributed by atoms with E-state index in [1.165, 1.54) is 35.6 Å². The number of nitrogens with zero attached hydrogens (tertiary/aromatic N) is 4. The number of anilines is 1. The SMILES string of the molecule is O=C(CCS(=O)(=O)c1ccccc1)N1CCN(c2nc3ccc([N+](=O)[O-])cc3s2)CC1. The van der Waals surface area contributed by atoms with Gasteiger partial charge >= 0.3 is 0 Å². The van der Waals surface area contributed by atoms with Gasteiger partial charge in [0, 0.05) is 44.7 Å². The van der Waals surface area contributed by atoms with Gasteiger partial charge < -0.3 is 9.80 Å². The topological polar surface area (TPSA) is 114 Å². The largest absolute Gasteiger partial charge is 0.345 e. The molecular formula is C20H20N4O5S2. The monoisotopic (exact) mass is 460 g/mol. The summed E-state index contributed by atoms with van der Waals surface area (Å²) in [5.74, 6) is -0.397. The molecule has 162 valence electrons. The summed E-state index contributed by atoms with van der Waals surface area (Å²) in [6.07, 6.45) is -0.0535. The van der Waals surface area contributed by atoms with E-state index in [9.17, 15) is 23.3 Å². The van der Waals surface area contributed by atoms with Crippen LogP contribution in [0, 0.1) is 10.1 Å². The number of fused-ring (bicyclic) bond motifs is 1. The van der Waals surface area contributed by atoms with E-state index < -0.39 is 14.8 Å². The summed E-state index contributed by atoms with van der Waals surface area (Å²) in [6, 6.07) is 12.7. The molecule has 31 heavy (non-hydrogen) atoms. The van der Waals surface area contributed by atoms with E-state index >= 15 is 0 Å². The number of thiazole rings is 1. The number of rotatable bonds is 6. The summed E-state index contributed by atoms with van der Waals surface area (Å²) >= 11 is 1.38. The normalized spacial score (nSPS) is 14.7. The van der Waals surface area contributed by atoms with Gasteiger partial charge in [0.05, 0.1) is 25.8 Å². The Kier molecular flexibility index (Phi) is 5.88. The first-order chi connectivity index (χ1) is 14.8. The van der Waals surface area contributed by atoms with Crippen molar-refractivity contribution < 1.29 is 18.1 Å². The van der Waals surface area contributed by atoms with Crippen molar-refractivity contribution >= 4 is 48.1 Å². The van der Waals surface area contributed by atoms with Crippen LogP contribution in [-0.2, 0) is 14.6 Å². The lowest BCUT2D eigenvalue weighted by molar-refractivity contribution is -0.384. The molecule has 0 aliphatic carbocycles. The molecule has 1 aliphatic rings. The standard InChI is InChI=1S/C20H20N4O5S2/c25-19(8-13-31(28,29)16-4-2-1-3-5-16)22-9-11-23(12-10-22)20-21-17-7-6-15(24(26)27)14-18(17)30-20/h1-7,14H,8-13H2. The number of non-ortho nitro benzene ring substituents is 1. The zero-order chi connectivity index (χ0) is 22.0. The summed E-state index contributed by atoms with van der Waals surface area (Å²) in [5.41, 5.74) is 0.735. The fourth-order valence-electron chi connectivity index (χ4n) is 3.42. The number of piperazine rings is 1. The molecule has 1 saturated heterocycles. The van der Waals surface area contributed by atoms with Crippen molar-refractivity contribution in [3.63, 3.8) is 0 Å². The van der Waals surface area contributed by atoms with E-state index in [4.69, 9.17) is 0 Å². The van der Waals surface area contributed by atoms with E-state index in [1.807, 2.05) is 4.90 Å². The number of hydrogen-bond donors (Lipinski definition) is 0. The lowest BCUT2D eigenvalue weighted by Crippen LogP contribution is -2.49. The van der Waals surface area contributed by atoms with Crippen LogP contribution in [0.15, 0.2) is 53.4 Å². The molecule has 9 nitrogen and oxygen atoms in total. The molecule has 0 bridgehead atoms. The maximum Gasteiger partial charge on any atom is 0.270 e. The zero-order valence-electron chi connectivity index (χ0n) is 16.5. The molecule has 1 aromatic heterocycles. The van der Waals surface area contributed by atoms with Gasteiger partial charge in [-0.3, -0.25) is 14.9 Å². The first-order valence-electron chi connectivity index (χ1n) is 9.69. The van der Waals surface area contributed by atoms with Crippen LogP contribution in [0.3, 0.4) is 0 Å². The Labute approximate surface area is 183 Å². The van der Waals surface area contributed by atoms with Crippen LogP contribution < -0.4 is 4.90 Å². The molecule has 1 fully saturated rings. The van der Waals surface area contributed by atoms with E-state index in [2.05, 4.69) is 4.98 Å². The average Bonchev–Trinajstić information content (AvgIpc) is 3.21. The second-order valence-corrected chi connectivity index (χ2v) is 10.3. The van der Waals surface area contributed by atoms with E-state index in [0.717, 1.165) is 9.83 Å². The molecular weight excluding hydrogens is 440 g/mol. The molecule has 2 heterocycles. The molecule has 1 aliphatic heterocycles. The minimum atomic E-state index is -3.49. The highest BCUT2D eigenvalue weighted by molar-refractivity contribution is 7.91. The summed E-state index contributed by atoms with van der Waals surface area (Å²) in [7, 11) is -3.49. The van der Waals surface area contributed by atoms with E-state index in [0.29, 0.717) is 31.7 Å². The van der Waals surface area contributed by atoms with Crippen molar-refractivity contribution in [2.75, 3.05) is 36.8 Å². The predicted molar refractivity (Wildman–Crippen MR) is 118 cm³/mol. The molecule has 3 aromatic rings. The van der Waals surface area contributed by atoms with Gasteiger partial charge in [0.1, 0.15) is 0 Å². The number of carbonyl (C=O) groups is 1. The molecule has 2 aromatic carbocycles. The Morgan fingerprint density at radius 1 is 1.10 bits per heavy atom. The Bertz CT molecular complexity index is 1220. The molecule has 0 unspecified atom stereocenters. The summed E-state index contributed by atoms with van der Waals surface area (Å²) < 4.78 is 25.5. The molecule has 11 heteroatoms. The Balaban J connectivity index is 1.34. The lowest BCUT2D eigenvalue weighted by atomic mass is 10.3. The van der Waals surface area contributed by atoms with Crippen LogP contribution in [0.25, 0.3) is 10.2 Å². The number of hydrogen-bond acceptors (Lipinski definition) is 8. The highest BCUT2D eigenvalue weighted by Crippen LogP contribution is 2.31. The summed E-state index contributed by atoms with van der Waals surface area (Å²) in [4.78, 5) is 31.5. The zero-order valence-corrected chi connectivity index (χ0v) is 18.1. The Morgan fingerprint density at radius 2 is 1.81 bits per heavy atom. The van der Waals surface area contributed by atoms with Crippen molar-refractivity contribution in [2.45, 2.75) is 11.3 Å². The summed E-state index contributed by atoms with van der Waals surface area (Å²) in [6.45, 7) is 2.08. The maximum atomic E-state index is 12.5. The smallest absolute Gasteiger partial charge is 0.270 e.